The van der Waals surface area contributed by atoms with Crippen molar-refractivity contribution in [2.45, 2.75) is 15.4 Å². The Labute approximate surface area is 200 Å². The topological polar surface area (TPSA) is 136 Å². The number of nitriles is 1. The Morgan fingerprint density at radius 2 is 1.78 bits per heavy atom. The van der Waals surface area contributed by atoms with Crippen molar-refractivity contribution in [3.8, 4) is 6.07 Å². The minimum absolute atomic E-state index is 0.0434. The SMILES string of the molecule is N#Cc1cc(S(=O)(=O)CC2CN(S(=O)(=O)c3ccc(Cl)cc3Cl)C[C@@]2(O)CO)ccc1Cl. The molecule has 2 aromatic carbocycles. The van der Waals surface area contributed by atoms with E-state index in [9.17, 15) is 27.0 Å². The maximum absolute atomic E-state index is 13.1. The van der Waals surface area contributed by atoms with Gasteiger partial charge in [-0.05, 0) is 36.4 Å². The summed E-state index contributed by atoms with van der Waals surface area (Å²) >= 11 is 17.7. The largest absolute Gasteiger partial charge is 0.393 e. The lowest BCUT2D eigenvalue weighted by Crippen LogP contribution is -2.44. The van der Waals surface area contributed by atoms with Gasteiger partial charge < -0.3 is 10.2 Å². The van der Waals surface area contributed by atoms with Gasteiger partial charge in [0.15, 0.2) is 9.84 Å². The lowest BCUT2D eigenvalue weighted by Gasteiger charge is -2.26. The van der Waals surface area contributed by atoms with Crippen molar-refractivity contribution in [1.82, 2.24) is 4.31 Å². The molecule has 3 rings (SSSR count). The van der Waals surface area contributed by atoms with E-state index in [4.69, 9.17) is 40.1 Å². The predicted octanol–water partition coefficient (Wildman–Crippen LogP) is 2.34. The number of benzene rings is 2. The quantitative estimate of drug-likeness (QED) is 0.575. The molecule has 0 bridgehead atoms. The second-order valence-electron chi connectivity index (χ2n) is 7.37. The molecule has 2 aromatic rings. The summed E-state index contributed by atoms with van der Waals surface area (Å²) in [5.41, 5.74) is -2.05. The number of β-amino-alcohol motifs (C(OH)–C–C–N with tert-alkyl or cyclic N) is 1. The van der Waals surface area contributed by atoms with Crippen LogP contribution in [0, 0.1) is 17.2 Å². The minimum Gasteiger partial charge on any atom is -0.393 e. The zero-order valence-electron chi connectivity index (χ0n) is 16.2. The van der Waals surface area contributed by atoms with Crippen LogP contribution in [-0.2, 0) is 19.9 Å². The number of halogens is 3. The highest BCUT2D eigenvalue weighted by Gasteiger charge is 2.50. The van der Waals surface area contributed by atoms with Gasteiger partial charge in [0.1, 0.15) is 16.6 Å². The van der Waals surface area contributed by atoms with Crippen LogP contribution in [0.1, 0.15) is 5.56 Å². The average molecular weight is 540 g/mol. The summed E-state index contributed by atoms with van der Waals surface area (Å²) in [7, 11) is -8.29. The van der Waals surface area contributed by atoms with Crippen molar-refractivity contribution in [3.05, 3.63) is 57.0 Å². The second-order valence-corrected chi connectivity index (χ2v) is 12.6. The highest BCUT2D eigenvalue weighted by molar-refractivity contribution is 7.91. The van der Waals surface area contributed by atoms with E-state index in [1.54, 1.807) is 6.07 Å². The molecule has 0 radical (unpaired) electrons. The number of aliphatic hydroxyl groups excluding tert-OH is 1. The molecule has 0 amide bonds. The van der Waals surface area contributed by atoms with Crippen molar-refractivity contribution >= 4 is 54.7 Å². The molecule has 1 heterocycles. The Hall–Kier alpha value is -1.42. The lowest BCUT2D eigenvalue weighted by molar-refractivity contribution is -0.0282. The van der Waals surface area contributed by atoms with E-state index < -0.39 is 50.3 Å². The Kier molecular flexibility index (Phi) is 7.15. The molecule has 0 spiro atoms. The standard InChI is InChI=1S/C19H17Cl3N2O6S2/c20-14-1-4-18(17(22)6-14)32(29,30)24-8-13(19(26,10-24)11-25)9-31(27,28)15-2-3-16(21)12(5-15)7-23/h1-6,13,25-26H,8-11H2/t13?,19-/m1/s1. The van der Waals surface area contributed by atoms with Gasteiger partial charge >= 0.3 is 0 Å². The smallest absolute Gasteiger partial charge is 0.244 e. The van der Waals surface area contributed by atoms with Gasteiger partial charge in [-0.1, -0.05) is 34.8 Å². The van der Waals surface area contributed by atoms with Gasteiger partial charge in [-0.2, -0.15) is 9.57 Å². The molecule has 0 aromatic heterocycles. The first-order valence-corrected chi connectivity index (χ1v) is 13.3. The van der Waals surface area contributed by atoms with Crippen LogP contribution in [0.5, 0.6) is 0 Å². The van der Waals surface area contributed by atoms with E-state index in [2.05, 4.69) is 0 Å². The van der Waals surface area contributed by atoms with E-state index >= 15 is 0 Å². The first-order chi connectivity index (χ1) is 14.8. The summed E-state index contributed by atoms with van der Waals surface area (Å²) in [5.74, 6) is -1.82. The van der Waals surface area contributed by atoms with E-state index in [-0.39, 0.29) is 37.0 Å². The third-order valence-corrected chi connectivity index (χ3v) is 9.93. The molecule has 32 heavy (non-hydrogen) atoms. The molecule has 13 heteroatoms. The van der Waals surface area contributed by atoms with Crippen LogP contribution in [0.2, 0.25) is 15.1 Å². The van der Waals surface area contributed by atoms with Gasteiger partial charge in [0.25, 0.3) is 0 Å². The summed E-state index contributed by atoms with van der Waals surface area (Å²) in [6.45, 7) is -1.77. The van der Waals surface area contributed by atoms with E-state index in [0.717, 1.165) is 10.4 Å². The fourth-order valence-electron chi connectivity index (χ4n) is 3.45. The van der Waals surface area contributed by atoms with Crippen LogP contribution in [-0.4, -0.2) is 62.4 Å². The summed E-state index contributed by atoms with van der Waals surface area (Å²) in [6.07, 6.45) is 0. The minimum atomic E-state index is -4.22. The van der Waals surface area contributed by atoms with Crippen LogP contribution < -0.4 is 0 Å². The van der Waals surface area contributed by atoms with Crippen LogP contribution >= 0.6 is 34.8 Å². The van der Waals surface area contributed by atoms with Gasteiger partial charge in [0.05, 0.1) is 32.9 Å². The van der Waals surface area contributed by atoms with Crippen LogP contribution in [0.15, 0.2) is 46.2 Å². The Bertz CT molecular complexity index is 1310. The van der Waals surface area contributed by atoms with E-state index in [0.29, 0.717) is 0 Å². The van der Waals surface area contributed by atoms with Crippen molar-refractivity contribution in [2.75, 3.05) is 25.4 Å². The zero-order chi connectivity index (χ0) is 23.9. The van der Waals surface area contributed by atoms with Crippen molar-refractivity contribution < 1.29 is 27.0 Å². The number of sulfonamides is 1. The normalized spacial score (nSPS) is 22.1. The van der Waals surface area contributed by atoms with Crippen molar-refractivity contribution in [3.63, 3.8) is 0 Å². The average Bonchev–Trinajstić information content (AvgIpc) is 3.05. The third-order valence-electron chi connectivity index (χ3n) is 5.26. The molecule has 2 atom stereocenters. The Morgan fingerprint density at radius 1 is 1.09 bits per heavy atom. The molecule has 0 saturated carbocycles. The summed E-state index contributed by atoms with van der Waals surface area (Å²) in [4.78, 5) is -0.468. The number of hydrogen-bond donors (Lipinski definition) is 2. The molecule has 172 valence electrons. The molecule has 1 aliphatic heterocycles. The predicted molar refractivity (Wildman–Crippen MR) is 119 cm³/mol. The molecule has 2 N–H and O–H groups in total. The molecule has 1 saturated heterocycles. The molecule has 8 nitrogen and oxygen atoms in total. The van der Waals surface area contributed by atoms with E-state index in [1.165, 1.54) is 30.3 Å². The fourth-order valence-corrected chi connectivity index (χ4v) is 7.62. The third kappa shape index (κ3) is 4.76. The first-order valence-electron chi connectivity index (χ1n) is 9.05. The molecular formula is C19H17Cl3N2O6S2. The maximum atomic E-state index is 13.1. The number of nitrogens with zero attached hydrogens (tertiary/aromatic N) is 2. The highest BCUT2D eigenvalue weighted by Crippen LogP contribution is 2.36. The van der Waals surface area contributed by atoms with Crippen LogP contribution in [0.25, 0.3) is 0 Å². The number of hydrogen-bond acceptors (Lipinski definition) is 7. The van der Waals surface area contributed by atoms with Gasteiger partial charge in [-0.3, -0.25) is 0 Å². The first kappa shape index (κ1) is 25.2. The fraction of sp³-hybridized carbons (Fsp3) is 0.316. The van der Waals surface area contributed by atoms with E-state index in [1.807, 2.05) is 0 Å². The summed E-state index contributed by atoms with van der Waals surface area (Å²) in [6, 6.07) is 9.16. The Morgan fingerprint density at radius 3 is 2.38 bits per heavy atom. The number of sulfone groups is 1. The van der Waals surface area contributed by atoms with Crippen LogP contribution in [0.4, 0.5) is 0 Å². The van der Waals surface area contributed by atoms with Gasteiger partial charge in [-0.25, -0.2) is 16.8 Å². The monoisotopic (exact) mass is 538 g/mol. The van der Waals surface area contributed by atoms with Crippen LogP contribution in [0.3, 0.4) is 0 Å². The summed E-state index contributed by atoms with van der Waals surface area (Å²) < 4.78 is 52.9. The van der Waals surface area contributed by atoms with Crippen molar-refractivity contribution in [2.24, 2.45) is 5.92 Å². The molecule has 0 aliphatic carbocycles. The van der Waals surface area contributed by atoms with Crippen molar-refractivity contribution in [1.29, 1.82) is 5.26 Å². The molecule has 1 fully saturated rings. The molecular weight excluding hydrogens is 523 g/mol. The second kappa shape index (κ2) is 9.08. The summed E-state index contributed by atoms with van der Waals surface area (Å²) in [5, 5.41) is 29.9. The number of aliphatic hydroxyl groups is 2. The van der Waals surface area contributed by atoms with Gasteiger partial charge in [0.2, 0.25) is 10.0 Å². The molecule has 1 unspecified atom stereocenters. The highest BCUT2D eigenvalue weighted by atomic mass is 35.5. The lowest BCUT2D eigenvalue weighted by atomic mass is 9.94. The number of rotatable bonds is 6. The van der Waals surface area contributed by atoms with Gasteiger partial charge in [-0.15, -0.1) is 0 Å². The zero-order valence-corrected chi connectivity index (χ0v) is 20.1. The Balaban J connectivity index is 1.93. The molecule has 1 aliphatic rings. The maximum Gasteiger partial charge on any atom is 0.244 e. The van der Waals surface area contributed by atoms with Gasteiger partial charge in [0, 0.05) is 24.0 Å².